The summed E-state index contributed by atoms with van der Waals surface area (Å²) in [7, 11) is 0. The van der Waals surface area contributed by atoms with Crippen LogP contribution in [-0.4, -0.2) is 5.91 Å². The van der Waals surface area contributed by atoms with Crippen molar-refractivity contribution in [2.75, 3.05) is 5.32 Å². The van der Waals surface area contributed by atoms with Gasteiger partial charge in [-0.1, -0.05) is 58.4 Å². The first-order valence-electron chi connectivity index (χ1n) is 7.40. The van der Waals surface area contributed by atoms with Gasteiger partial charge in [0.05, 0.1) is 5.69 Å². The Bertz CT molecular complexity index is 938. The molecule has 1 atom stereocenters. The highest BCUT2D eigenvalue weighted by molar-refractivity contribution is 14.1. The zero-order chi connectivity index (χ0) is 16.0. The molecule has 23 heavy (non-hydrogen) atoms. The minimum Gasteiger partial charge on any atom is -0.325 e. The van der Waals surface area contributed by atoms with E-state index in [1.807, 2.05) is 24.3 Å². The summed E-state index contributed by atoms with van der Waals surface area (Å²) in [4.78, 5) is 12.3. The third-order valence-electron chi connectivity index (χ3n) is 4.33. The minimum atomic E-state index is 0.0784. The molecule has 4 rings (SSSR count). The lowest BCUT2D eigenvalue weighted by molar-refractivity contribution is -0.116. The van der Waals surface area contributed by atoms with E-state index in [4.69, 9.17) is 0 Å². The van der Waals surface area contributed by atoms with Crippen LogP contribution >= 0.6 is 38.5 Å². The van der Waals surface area contributed by atoms with Crippen LogP contribution in [0.1, 0.15) is 23.5 Å². The first-order valence-corrected chi connectivity index (χ1v) is 9.28. The van der Waals surface area contributed by atoms with Gasteiger partial charge in [0.1, 0.15) is 0 Å². The van der Waals surface area contributed by atoms with E-state index < -0.39 is 0 Å². The number of hydrogen-bond donors (Lipinski definition) is 1. The van der Waals surface area contributed by atoms with Crippen LogP contribution in [0.3, 0.4) is 0 Å². The average molecular weight is 478 g/mol. The fourth-order valence-electron chi connectivity index (χ4n) is 3.29. The Morgan fingerprint density at radius 1 is 1.00 bits per heavy atom. The number of fused-ring (bicyclic) bond motifs is 3. The van der Waals surface area contributed by atoms with Crippen molar-refractivity contribution < 1.29 is 4.79 Å². The Kier molecular flexibility index (Phi) is 3.89. The van der Waals surface area contributed by atoms with Crippen molar-refractivity contribution in [2.24, 2.45) is 0 Å². The van der Waals surface area contributed by atoms with Crippen LogP contribution in [0.25, 0.3) is 10.8 Å². The van der Waals surface area contributed by atoms with E-state index in [-0.39, 0.29) is 11.8 Å². The Hall–Kier alpha value is -1.40. The summed E-state index contributed by atoms with van der Waals surface area (Å²) in [5.74, 6) is 0.169. The third-order valence-corrected chi connectivity index (χ3v) is 5.97. The highest BCUT2D eigenvalue weighted by Crippen LogP contribution is 2.44. The number of amides is 1. The number of nitrogens with one attached hydrogen (secondary N) is 1. The van der Waals surface area contributed by atoms with E-state index in [2.05, 4.69) is 74.2 Å². The van der Waals surface area contributed by atoms with E-state index in [1.165, 1.54) is 14.7 Å². The molecule has 0 fully saturated rings. The predicted octanol–water partition coefficient (Wildman–Crippen LogP) is 5.68. The maximum Gasteiger partial charge on any atom is 0.225 e. The van der Waals surface area contributed by atoms with E-state index in [0.29, 0.717) is 6.42 Å². The number of benzene rings is 3. The SMILES string of the molecule is O=C1CC(c2ccccc2I)c2cc(Br)c3ccccc3c2N1. The lowest BCUT2D eigenvalue weighted by atomic mass is 9.83. The van der Waals surface area contributed by atoms with Gasteiger partial charge in [-0.2, -0.15) is 0 Å². The quantitative estimate of drug-likeness (QED) is 0.449. The fourth-order valence-corrected chi connectivity index (χ4v) is 4.64. The molecule has 0 aromatic heterocycles. The maximum absolute atomic E-state index is 12.3. The molecule has 0 spiro atoms. The van der Waals surface area contributed by atoms with E-state index in [9.17, 15) is 4.79 Å². The third kappa shape index (κ3) is 2.58. The maximum atomic E-state index is 12.3. The van der Waals surface area contributed by atoms with Gasteiger partial charge in [-0.3, -0.25) is 4.79 Å². The number of anilines is 1. The number of carbonyl (C=O) groups excluding carboxylic acids is 1. The minimum absolute atomic E-state index is 0.0784. The molecule has 0 radical (unpaired) electrons. The van der Waals surface area contributed by atoms with Gasteiger partial charge in [-0.15, -0.1) is 0 Å². The van der Waals surface area contributed by atoms with Crippen molar-refractivity contribution in [2.45, 2.75) is 12.3 Å². The molecule has 1 heterocycles. The topological polar surface area (TPSA) is 29.1 Å². The molecule has 1 aliphatic heterocycles. The Balaban J connectivity index is 2.01. The molecule has 3 aromatic carbocycles. The van der Waals surface area contributed by atoms with Crippen molar-refractivity contribution in [1.29, 1.82) is 0 Å². The number of carbonyl (C=O) groups is 1. The molecule has 3 aromatic rings. The lowest BCUT2D eigenvalue weighted by Crippen LogP contribution is -2.24. The summed E-state index contributed by atoms with van der Waals surface area (Å²) in [6.45, 7) is 0. The van der Waals surface area contributed by atoms with Crippen LogP contribution in [0.5, 0.6) is 0 Å². The molecular formula is C19H13BrINO. The van der Waals surface area contributed by atoms with E-state index in [1.54, 1.807) is 0 Å². The molecule has 1 N–H and O–H groups in total. The summed E-state index contributed by atoms with van der Waals surface area (Å²) in [6.07, 6.45) is 0.484. The monoisotopic (exact) mass is 477 g/mol. The molecule has 0 aliphatic carbocycles. The number of hydrogen-bond acceptors (Lipinski definition) is 1. The first kappa shape index (κ1) is 15.1. The van der Waals surface area contributed by atoms with E-state index in [0.717, 1.165) is 20.9 Å². The van der Waals surface area contributed by atoms with Gasteiger partial charge < -0.3 is 5.32 Å². The van der Waals surface area contributed by atoms with Crippen LogP contribution in [0.2, 0.25) is 0 Å². The summed E-state index contributed by atoms with van der Waals surface area (Å²) < 4.78 is 2.26. The van der Waals surface area contributed by atoms with Crippen molar-refractivity contribution in [3.8, 4) is 0 Å². The molecule has 2 nitrogen and oxygen atoms in total. The first-order chi connectivity index (χ1) is 11.1. The van der Waals surface area contributed by atoms with Crippen molar-refractivity contribution in [1.82, 2.24) is 0 Å². The Morgan fingerprint density at radius 3 is 2.48 bits per heavy atom. The van der Waals surface area contributed by atoms with Crippen LogP contribution in [0.4, 0.5) is 5.69 Å². The summed E-state index contributed by atoms with van der Waals surface area (Å²) >= 11 is 6.05. The molecule has 0 saturated heterocycles. The highest BCUT2D eigenvalue weighted by atomic mass is 127. The van der Waals surface area contributed by atoms with Gasteiger partial charge in [-0.05, 0) is 51.2 Å². The Morgan fingerprint density at radius 2 is 1.70 bits per heavy atom. The smallest absolute Gasteiger partial charge is 0.225 e. The largest absolute Gasteiger partial charge is 0.325 e. The predicted molar refractivity (Wildman–Crippen MR) is 106 cm³/mol. The van der Waals surface area contributed by atoms with Crippen molar-refractivity contribution in [3.05, 3.63) is 73.8 Å². The molecule has 1 amide bonds. The second-order valence-corrected chi connectivity index (χ2v) is 7.71. The van der Waals surface area contributed by atoms with E-state index >= 15 is 0 Å². The Labute approximate surface area is 156 Å². The van der Waals surface area contributed by atoms with Crippen LogP contribution in [-0.2, 0) is 4.79 Å². The summed E-state index contributed by atoms with van der Waals surface area (Å²) in [5, 5.41) is 5.29. The van der Waals surface area contributed by atoms with Gasteiger partial charge in [0.2, 0.25) is 5.91 Å². The van der Waals surface area contributed by atoms with Crippen LogP contribution < -0.4 is 5.32 Å². The highest BCUT2D eigenvalue weighted by Gasteiger charge is 2.29. The van der Waals surface area contributed by atoms with Crippen molar-refractivity contribution in [3.63, 3.8) is 0 Å². The second kappa shape index (κ2) is 5.91. The summed E-state index contributed by atoms with van der Waals surface area (Å²) in [6, 6.07) is 18.6. The molecule has 114 valence electrons. The number of halogens is 2. The standard InChI is InChI=1S/C19H13BrINO/c20-16-9-15-14(12-6-3-4-8-17(12)21)10-18(23)22-19(15)13-7-2-1-5-11(13)16/h1-9,14H,10H2,(H,22,23). The molecule has 4 heteroatoms. The van der Waals surface area contributed by atoms with Crippen LogP contribution in [0, 0.1) is 3.57 Å². The zero-order valence-corrected chi connectivity index (χ0v) is 15.9. The normalized spacial score (nSPS) is 17.0. The average Bonchev–Trinajstić information content (AvgIpc) is 2.56. The van der Waals surface area contributed by atoms with Crippen molar-refractivity contribution >= 4 is 60.9 Å². The fraction of sp³-hybridized carbons (Fsp3) is 0.105. The van der Waals surface area contributed by atoms with Crippen LogP contribution in [0.15, 0.2) is 59.1 Å². The number of rotatable bonds is 1. The van der Waals surface area contributed by atoms with Gasteiger partial charge in [0, 0.05) is 25.8 Å². The zero-order valence-electron chi connectivity index (χ0n) is 12.1. The lowest BCUT2D eigenvalue weighted by Gasteiger charge is -2.28. The second-order valence-electron chi connectivity index (χ2n) is 5.69. The molecule has 0 saturated carbocycles. The summed E-state index contributed by atoms with van der Waals surface area (Å²) in [5.41, 5.74) is 3.34. The van der Waals surface area contributed by atoms with Gasteiger partial charge in [0.25, 0.3) is 0 Å². The molecule has 0 bridgehead atoms. The van der Waals surface area contributed by atoms with Gasteiger partial charge >= 0.3 is 0 Å². The van der Waals surface area contributed by atoms with Gasteiger partial charge in [0.15, 0.2) is 0 Å². The molecular weight excluding hydrogens is 465 g/mol. The van der Waals surface area contributed by atoms with Gasteiger partial charge in [-0.25, -0.2) is 0 Å². The molecule has 1 unspecified atom stereocenters. The molecule has 1 aliphatic rings.